The molecule has 0 aliphatic carbocycles. The molecule has 7 heteroatoms. The molecule has 1 aromatic heterocycles. The highest BCUT2D eigenvalue weighted by Gasteiger charge is 2.50. The van der Waals surface area contributed by atoms with E-state index in [4.69, 9.17) is 4.74 Å². The van der Waals surface area contributed by atoms with Gasteiger partial charge in [0.15, 0.2) is 0 Å². The Morgan fingerprint density at radius 1 is 1.18 bits per heavy atom. The summed E-state index contributed by atoms with van der Waals surface area (Å²) in [6.45, 7) is 0.518. The third-order valence-electron chi connectivity index (χ3n) is 6.34. The fraction of sp³-hybridized carbons (Fsp3) is 0.476. The Morgan fingerprint density at radius 3 is 2.39 bits per heavy atom. The number of halogens is 2. The number of ether oxygens (including phenoxy) is 1. The van der Waals surface area contributed by atoms with Crippen LogP contribution in [0.2, 0.25) is 0 Å². The maximum Gasteiger partial charge on any atom is 0.414 e. The van der Waals surface area contributed by atoms with Crippen LogP contribution in [0, 0.1) is 0 Å². The summed E-state index contributed by atoms with van der Waals surface area (Å²) in [5.41, 5.74) is 1.99. The molecular formula is C21H26Br2N2O2S. The van der Waals surface area contributed by atoms with Crippen LogP contribution in [0.15, 0.2) is 45.6 Å². The first kappa shape index (κ1) is 21.8. The van der Waals surface area contributed by atoms with Crippen molar-refractivity contribution in [1.29, 1.82) is 0 Å². The highest BCUT2D eigenvalue weighted by molar-refractivity contribution is 9.10. The standard InChI is InChI=1S/C21H26BrN2O2S.BrH/c1-24(2)18-7-8-19(24)12-20(11-18)26-21(25)23(17-9-10-27-14-17)13-15-3-5-16(22)6-4-15;/h3-6,9-10,14,18-20H,7-8,11-13H2,1-2H3;1H/q+1;/p-1. The van der Waals surface area contributed by atoms with Crippen LogP contribution in [0.1, 0.15) is 31.2 Å². The maximum atomic E-state index is 13.1. The van der Waals surface area contributed by atoms with E-state index in [0.29, 0.717) is 18.6 Å². The molecule has 2 aliphatic rings. The number of amides is 1. The van der Waals surface area contributed by atoms with Crippen molar-refractivity contribution in [2.45, 2.75) is 50.4 Å². The average molecular weight is 530 g/mol. The van der Waals surface area contributed by atoms with Crippen molar-refractivity contribution in [2.24, 2.45) is 0 Å². The Labute approximate surface area is 190 Å². The van der Waals surface area contributed by atoms with E-state index >= 15 is 0 Å². The molecule has 3 heterocycles. The molecule has 2 aromatic rings. The lowest BCUT2D eigenvalue weighted by Crippen LogP contribution is -3.00. The Morgan fingerprint density at radius 2 is 1.82 bits per heavy atom. The zero-order valence-electron chi connectivity index (χ0n) is 16.2. The number of piperidine rings is 1. The van der Waals surface area contributed by atoms with Crippen molar-refractivity contribution >= 4 is 39.0 Å². The first-order valence-electron chi connectivity index (χ1n) is 9.51. The lowest BCUT2D eigenvalue weighted by molar-refractivity contribution is -0.931. The number of anilines is 1. The number of fused-ring (bicyclic) bond motifs is 2. The smallest absolute Gasteiger partial charge is 0.414 e. The Hall–Kier alpha value is -0.890. The van der Waals surface area contributed by atoms with Crippen LogP contribution in [-0.2, 0) is 11.3 Å². The number of carbonyl (C=O) groups is 1. The molecule has 2 saturated heterocycles. The normalized spacial score (nSPS) is 25.0. The van der Waals surface area contributed by atoms with Gasteiger partial charge in [0.1, 0.15) is 6.10 Å². The van der Waals surface area contributed by atoms with Crippen LogP contribution >= 0.6 is 27.3 Å². The fourth-order valence-electron chi connectivity index (χ4n) is 4.58. The van der Waals surface area contributed by atoms with E-state index < -0.39 is 0 Å². The van der Waals surface area contributed by atoms with E-state index in [1.54, 1.807) is 16.2 Å². The van der Waals surface area contributed by atoms with Gasteiger partial charge in [0.2, 0.25) is 0 Å². The quantitative estimate of drug-likeness (QED) is 0.569. The lowest BCUT2D eigenvalue weighted by atomic mass is 9.98. The summed E-state index contributed by atoms with van der Waals surface area (Å²) in [6.07, 6.45) is 4.26. The summed E-state index contributed by atoms with van der Waals surface area (Å²) in [7, 11) is 4.65. The second-order valence-electron chi connectivity index (χ2n) is 8.19. The van der Waals surface area contributed by atoms with Crippen molar-refractivity contribution in [3.8, 4) is 0 Å². The van der Waals surface area contributed by atoms with E-state index in [9.17, 15) is 4.79 Å². The van der Waals surface area contributed by atoms with Gasteiger partial charge in [-0.15, -0.1) is 0 Å². The van der Waals surface area contributed by atoms with Gasteiger partial charge in [-0.2, -0.15) is 11.3 Å². The van der Waals surface area contributed by atoms with Crippen molar-refractivity contribution in [2.75, 3.05) is 19.0 Å². The Balaban J connectivity index is 0.00000225. The van der Waals surface area contributed by atoms with Crippen LogP contribution in [0.5, 0.6) is 0 Å². The largest absolute Gasteiger partial charge is 1.00 e. The molecule has 2 fully saturated rings. The molecule has 1 aromatic carbocycles. The lowest BCUT2D eigenvalue weighted by Gasteiger charge is -2.44. The predicted octanol–water partition coefficient (Wildman–Crippen LogP) is 2.43. The molecule has 4 nitrogen and oxygen atoms in total. The van der Waals surface area contributed by atoms with Crippen LogP contribution in [0.3, 0.4) is 0 Å². The second kappa shape index (κ2) is 8.86. The van der Waals surface area contributed by atoms with E-state index in [1.807, 2.05) is 41.1 Å². The van der Waals surface area contributed by atoms with Gasteiger partial charge in [-0.25, -0.2) is 4.79 Å². The predicted molar refractivity (Wildman–Crippen MR) is 113 cm³/mol. The minimum absolute atomic E-state index is 0. The molecular weight excluding hydrogens is 504 g/mol. The number of hydrogen-bond acceptors (Lipinski definition) is 3. The summed E-state index contributed by atoms with van der Waals surface area (Å²) >= 11 is 5.06. The van der Waals surface area contributed by atoms with Crippen molar-refractivity contribution in [3.63, 3.8) is 0 Å². The van der Waals surface area contributed by atoms with Gasteiger partial charge in [-0.05, 0) is 29.1 Å². The molecule has 152 valence electrons. The van der Waals surface area contributed by atoms with Crippen LogP contribution in [0.25, 0.3) is 0 Å². The molecule has 4 rings (SSSR count). The molecule has 0 saturated carbocycles. The van der Waals surface area contributed by atoms with Crippen molar-refractivity contribution in [3.05, 3.63) is 51.1 Å². The van der Waals surface area contributed by atoms with Crippen LogP contribution in [0.4, 0.5) is 10.5 Å². The second-order valence-corrected chi connectivity index (χ2v) is 9.88. The first-order valence-corrected chi connectivity index (χ1v) is 11.2. The minimum atomic E-state index is -0.229. The molecule has 0 N–H and O–H groups in total. The van der Waals surface area contributed by atoms with Gasteiger partial charge in [0, 0.05) is 35.5 Å². The van der Waals surface area contributed by atoms with E-state index in [2.05, 4.69) is 30.0 Å². The molecule has 2 unspecified atom stereocenters. The van der Waals surface area contributed by atoms with Crippen LogP contribution in [-0.4, -0.2) is 42.9 Å². The fourth-order valence-corrected chi connectivity index (χ4v) is 5.48. The minimum Gasteiger partial charge on any atom is -1.00 e. The first-order chi connectivity index (χ1) is 12.9. The van der Waals surface area contributed by atoms with Gasteiger partial charge in [-0.1, -0.05) is 28.1 Å². The Bertz CT molecular complexity index is 779. The highest BCUT2D eigenvalue weighted by atomic mass is 79.9. The van der Waals surface area contributed by atoms with Crippen LogP contribution < -0.4 is 21.9 Å². The van der Waals surface area contributed by atoms with Gasteiger partial charge in [0.25, 0.3) is 0 Å². The van der Waals surface area contributed by atoms with Gasteiger partial charge >= 0.3 is 6.09 Å². The molecule has 1 amide bonds. The zero-order valence-corrected chi connectivity index (χ0v) is 20.2. The van der Waals surface area contributed by atoms with Crippen molar-refractivity contribution < 1.29 is 31.0 Å². The summed E-state index contributed by atoms with van der Waals surface area (Å²) in [6, 6.07) is 11.3. The van der Waals surface area contributed by atoms with Gasteiger partial charge < -0.3 is 26.2 Å². The molecule has 2 atom stereocenters. The number of thiophene rings is 1. The summed E-state index contributed by atoms with van der Waals surface area (Å²) in [5, 5.41) is 4.00. The van der Waals surface area contributed by atoms with Crippen molar-refractivity contribution in [1.82, 2.24) is 0 Å². The van der Waals surface area contributed by atoms with Gasteiger partial charge in [0.05, 0.1) is 38.4 Å². The third kappa shape index (κ3) is 4.48. The molecule has 2 aliphatic heterocycles. The number of carbonyl (C=O) groups excluding carboxylic acids is 1. The highest BCUT2D eigenvalue weighted by Crippen LogP contribution is 2.40. The van der Waals surface area contributed by atoms with Gasteiger partial charge in [-0.3, -0.25) is 4.90 Å². The number of rotatable bonds is 4. The topological polar surface area (TPSA) is 29.5 Å². The summed E-state index contributed by atoms with van der Waals surface area (Å²) in [4.78, 5) is 14.8. The Kier molecular flexibility index (Phi) is 6.90. The number of quaternary nitrogens is 1. The zero-order chi connectivity index (χ0) is 19.0. The molecule has 0 spiro atoms. The molecule has 28 heavy (non-hydrogen) atoms. The summed E-state index contributed by atoms with van der Waals surface area (Å²) in [5.74, 6) is 0. The third-order valence-corrected chi connectivity index (χ3v) is 7.54. The summed E-state index contributed by atoms with van der Waals surface area (Å²) < 4.78 is 8.14. The average Bonchev–Trinajstić information content (AvgIpc) is 3.17. The van der Waals surface area contributed by atoms with E-state index in [0.717, 1.165) is 33.0 Å². The van der Waals surface area contributed by atoms with E-state index in [1.165, 1.54) is 12.8 Å². The molecule has 0 radical (unpaired) electrons. The number of benzene rings is 1. The van der Waals surface area contributed by atoms with E-state index in [-0.39, 0.29) is 29.2 Å². The SMILES string of the molecule is C[N+]1(C)C2CCC1CC(OC(=O)N(Cc1ccc(Br)cc1)c1ccsc1)C2.[Br-]. The maximum absolute atomic E-state index is 13.1. The number of hydrogen-bond donors (Lipinski definition) is 0. The monoisotopic (exact) mass is 528 g/mol. The number of nitrogens with zero attached hydrogens (tertiary/aromatic N) is 2. The molecule has 2 bridgehead atoms.